The summed E-state index contributed by atoms with van der Waals surface area (Å²) in [7, 11) is 0. The van der Waals surface area contributed by atoms with Crippen LogP contribution in [0.5, 0.6) is 0 Å². The second-order valence-corrected chi connectivity index (χ2v) is 1.38. The molecule has 0 saturated carbocycles. The van der Waals surface area contributed by atoms with Crippen LogP contribution < -0.4 is 5.11 Å². The highest BCUT2D eigenvalue weighted by molar-refractivity contribution is 5.81. The molecule has 0 spiro atoms. The lowest BCUT2D eigenvalue weighted by Crippen LogP contribution is -2.18. The van der Waals surface area contributed by atoms with E-state index in [1.54, 1.807) is 0 Å². The number of carbonyl (C=O) groups excluding carboxylic acids is 1. The Kier molecular flexibility index (Phi) is 3.63. The summed E-state index contributed by atoms with van der Waals surface area (Å²) < 4.78 is 0. The molecule has 0 bridgehead atoms. The smallest absolute Gasteiger partial charge is 0.328 e. The topological polar surface area (TPSA) is 77.4 Å². The molecular weight excluding hydrogens is 136 g/mol. The summed E-state index contributed by atoms with van der Waals surface area (Å²) in [4.78, 5) is 19.4. The van der Waals surface area contributed by atoms with Crippen LogP contribution in [0.2, 0.25) is 0 Å². The maximum atomic E-state index is 9.76. The van der Waals surface area contributed by atoms with Crippen molar-refractivity contribution >= 4 is 11.9 Å². The molecule has 0 aromatic carbocycles. The third-order valence-corrected chi connectivity index (χ3v) is 0.582. The number of rotatable bonds is 3. The Labute approximate surface area is 57.1 Å². The molecule has 0 aliphatic rings. The molecule has 4 heteroatoms. The SMILES string of the molecule is O=C([O-])C=CC=CC(=O)O. The van der Waals surface area contributed by atoms with Gasteiger partial charge in [-0.2, -0.15) is 0 Å². The van der Waals surface area contributed by atoms with Crippen LogP contribution >= 0.6 is 0 Å². The third kappa shape index (κ3) is 6.42. The molecule has 54 valence electrons. The van der Waals surface area contributed by atoms with E-state index in [9.17, 15) is 14.7 Å². The second-order valence-electron chi connectivity index (χ2n) is 1.38. The molecular formula is C6H5O4-. The molecule has 0 aromatic heterocycles. The van der Waals surface area contributed by atoms with Gasteiger partial charge in [0.2, 0.25) is 0 Å². The van der Waals surface area contributed by atoms with Crippen LogP contribution in [0.3, 0.4) is 0 Å². The lowest BCUT2D eigenvalue weighted by atomic mass is 10.4. The van der Waals surface area contributed by atoms with E-state index < -0.39 is 11.9 Å². The highest BCUT2D eigenvalue weighted by atomic mass is 16.4. The maximum Gasteiger partial charge on any atom is 0.328 e. The van der Waals surface area contributed by atoms with Gasteiger partial charge in [-0.15, -0.1) is 0 Å². The van der Waals surface area contributed by atoms with E-state index in [1.807, 2.05) is 0 Å². The summed E-state index contributed by atoms with van der Waals surface area (Å²) in [6.07, 6.45) is 3.72. The summed E-state index contributed by atoms with van der Waals surface area (Å²) in [5, 5.41) is 17.7. The van der Waals surface area contributed by atoms with Gasteiger partial charge in [0.15, 0.2) is 0 Å². The first-order valence-electron chi connectivity index (χ1n) is 2.41. The number of hydrogen-bond donors (Lipinski definition) is 1. The van der Waals surface area contributed by atoms with Crippen molar-refractivity contribution in [1.29, 1.82) is 0 Å². The fourth-order valence-corrected chi connectivity index (χ4v) is 0.272. The third-order valence-electron chi connectivity index (χ3n) is 0.582. The zero-order valence-electron chi connectivity index (χ0n) is 4.98. The maximum absolute atomic E-state index is 9.76. The van der Waals surface area contributed by atoms with E-state index >= 15 is 0 Å². The molecule has 0 atom stereocenters. The largest absolute Gasteiger partial charge is 0.545 e. The summed E-state index contributed by atoms with van der Waals surface area (Å²) in [5.41, 5.74) is 0. The predicted octanol–water partition coefficient (Wildman–Crippen LogP) is -1.07. The molecule has 0 radical (unpaired) electrons. The Morgan fingerprint density at radius 1 is 1.20 bits per heavy atom. The Hall–Kier alpha value is -1.58. The van der Waals surface area contributed by atoms with Crippen LogP contribution in [0.15, 0.2) is 24.3 Å². The predicted molar refractivity (Wildman–Crippen MR) is 30.9 cm³/mol. The van der Waals surface area contributed by atoms with Gasteiger partial charge < -0.3 is 15.0 Å². The Morgan fingerprint density at radius 2 is 1.70 bits per heavy atom. The van der Waals surface area contributed by atoms with Gasteiger partial charge in [-0.1, -0.05) is 12.2 Å². The van der Waals surface area contributed by atoms with Gasteiger partial charge in [0.1, 0.15) is 0 Å². The van der Waals surface area contributed by atoms with E-state index in [4.69, 9.17) is 5.11 Å². The molecule has 0 saturated heterocycles. The molecule has 0 amide bonds. The van der Waals surface area contributed by atoms with E-state index in [0.29, 0.717) is 0 Å². The van der Waals surface area contributed by atoms with Crippen molar-refractivity contribution in [2.45, 2.75) is 0 Å². The number of carboxylic acids is 2. The number of hydrogen-bond acceptors (Lipinski definition) is 3. The van der Waals surface area contributed by atoms with Gasteiger partial charge in [0, 0.05) is 6.08 Å². The molecule has 0 aliphatic carbocycles. The highest BCUT2D eigenvalue weighted by Crippen LogP contribution is 1.75. The molecule has 0 aromatic rings. The molecule has 0 aliphatic heterocycles. The second kappa shape index (κ2) is 4.31. The van der Waals surface area contributed by atoms with Crippen molar-refractivity contribution in [3.8, 4) is 0 Å². The standard InChI is InChI=1S/C6H6O4/c7-5(8)3-1-2-4-6(9)10/h1-4H,(H,7,8)(H,9,10)/p-1. The lowest BCUT2D eigenvalue weighted by Gasteiger charge is -1.85. The summed E-state index contributed by atoms with van der Waals surface area (Å²) >= 11 is 0. The average molecular weight is 141 g/mol. The molecule has 4 nitrogen and oxygen atoms in total. The van der Waals surface area contributed by atoms with E-state index in [2.05, 4.69) is 0 Å². The van der Waals surface area contributed by atoms with Crippen LogP contribution in [0.25, 0.3) is 0 Å². The Morgan fingerprint density at radius 3 is 2.10 bits per heavy atom. The average Bonchev–Trinajstić information content (AvgIpc) is 1.79. The Balaban J connectivity index is 3.73. The molecule has 0 heterocycles. The van der Waals surface area contributed by atoms with E-state index in [1.165, 1.54) is 0 Å². The van der Waals surface area contributed by atoms with Gasteiger partial charge in [-0.05, 0) is 6.08 Å². The van der Waals surface area contributed by atoms with Crippen LogP contribution in [0, 0.1) is 0 Å². The van der Waals surface area contributed by atoms with Gasteiger partial charge in [-0.25, -0.2) is 4.79 Å². The van der Waals surface area contributed by atoms with E-state index in [-0.39, 0.29) is 0 Å². The molecule has 0 rings (SSSR count). The lowest BCUT2D eigenvalue weighted by molar-refractivity contribution is -0.297. The minimum Gasteiger partial charge on any atom is -0.545 e. The van der Waals surface area contributed by atoms with Crippen molar-refractivity contribution in [3.63, 3.8) is 0 Å². The van der Waals surface area contributed by atoms with Crippen LogP contribution in [-0.4, -0.2) is 17.0 Å². The van der Waals surface area contributed by atoms with Gasteiger partial charge in [0.25, 0.3) is 0 Å². The zero-order chi connectivity index (χ0) is 7.98. The number of aliphatic carboxylic acids is 2. The Bertz CT molecular complexity index is 168. The molecule has 1 N–H and O–H groups in total. The van der Waals surface area contributed by atoms with Crippen LogP contribution in [-0.2, 0) is 9.59 Å². The van der Waals surface area contributed by atoms with Crippen LogP contribution in [0.4, 0.5) is 0 Å². The van der Waals surface area contributed by atoms with Crippen LogP contribution in [0.1, 0.15) is 0 Å². The first-order valence-corrected chi connectivity index (χ1v) is 2.41. The van der Waals surface area contributed by atoms with Gasteiger partial charge in [-0.3, -0.25) is 0 Å². The fraction of sp³-hybridized carbons (Fsp3) is 0. The number of carbonyl (C=O) groups is 2. The van der Waals surface area contributed by atoms with Gasteiger partial charge in [0.05, 0.1) is 5.97 Å². The monoisotopic (exact) mass is 141 g/mol. The number of carboxylic acid groups (broad SMARTS) is 2. The first kappa shape index (κ1) is 8.42. The van der Waals surface area contributed by atoms with Gasteiger partial charge >= 0.3 is 5.97 Å². The van der Waals surface area contributed by atoms with Crippen molar-refractivity contribution in [2.24, 2.45) is 0 Å². The minimum atomic E-state index is -1.35. The van der Waals surface area contributed by atoms with E-state index in [0.717, 1.165) is 24.3 Å². The molecule has 0 fully saturated rings. The van der Waals surface area contributed by atoms with Crippen molar-refractivity contribution in [1.82, 2.24) is 0 Å². The fourth-order valence-electron chi connectivity index (χ4n) is 0.272. The molecule has 0 unspecified atom stereocenters. The summed E-state index contributed by atoms with van der Waals surface area (Å²) in [6.45, 7) is 0. The summed E-state index contributed by atoms with van der Waals surface area (Å²) in [6, 6.07) is 0. The minimum absolute atomic E-state index is 0.736. The number of allylic oxidation sites excluding steroid dienone is 2. The molecule has 10 heavy (non-hydrogen) atoms. The van der Waals surface area contributed by atoms with Crippen molar-refractivity contribution in [2.75, 3.05) is 0 Å². The normalized spacial score (nSPS) is 10.8. The zero-order valence-corrected chi connectivity index (χ0v) is 4.98. The first-order chi connectivity index (χ1) is 4.63. The van der Waals surface area contributed by atoms with Crippen molar-refractivity contribution in [3.05, 3.63) is 24.3 Å². The highest BCUT2D eigenvalue weighted by Gasteiger charge is 1.79. The summed E-state index contributed by atoms with van der Waals surface area (Å²) in [5.74, 6) is -2.47. The van der Waals surface area contributed by atoms with Crippen molar-refractivity contribution < 1.29 is 19.8 Å². The quantitative estimate of drug-likeness (QED) is 0.401.